The molecule has 2 aromatic carbocycles. The number of nitrogens with one attached hydrogen (secondary N) is 1. The minimum atomic E-state index is -0.523. The summed E-state index contributed by atoms with van der Waals surface area (Å²) in [5.41, 5.74) is 7.84. The number of benzene rings is 2. The van der Waals surface area contributed by atoms with Crippen molar-refractivity contribution in [2.45, 2.75) is 5.16 Å². The van der Waals surface area contributed by atoms with Gasteiger partial charge < -0.3 is 11.1 Å². The molecule has 10 heteroatoms. The van der Waals surface area contributed by atoms with E-state index in [1.54, 1.807) is 42.1 Å². The summed E-state index contributed by atoms with van der Waals surface area (Å²) in [6, 6.07) is 17.8. The summed E-state index contributed by atoms with van der Waals surface area (Å²) in [6.45, 7) is 0. The summed E-state index contributed by atoms with van der Waals surface area (Å²) in [4.78, 5) is 27.6. The highest BCUT2D eigenvalue weighted by Gasteiger charge is 2.15. The fourth-order valence-corrected chi connectivity index (χ4v) is 3.87. The van der Waals surface area contributed by atoms with Crippen molar-refractivity contribution in [1.29, 1.82) is 0 Å². The molecule has 2 heterocycles. The van der Waals surface area contributed by atoms with Gasteiger partial charge >= 0.3 is 0 Å². The maximum absolute atomic E-state index is 12.3. The molecule has 0 bridgehead atoms. The Bertz CT molecular complexity index is 1310. The van der Waals surface area contributed by atoms with Crippen molar-refractivity contribution in [1.82, 2.24) is 19.7 Å². The first-order valence-corrected chi connectivity index (χ1v) is 11.3. The van der Waals surface area contributed by atoms with Crippen molar-refractivity contribution in [3.63, 3.8) is 0 Å². The molecule has 0 radical (unpaired) electrons. The highest BCUT2D eigenvalue weighted by Crippen LogP contribution is 2.28. The van der Waals surface area contributed by atoms with E-state index in [4.69, 9.17) is 5.73 Å². The molecule has 0 atom stereocenters. The number of nitrogens with two attached hydrogens (primary N) is 1. The average Bonchev–Trinajstić information content (AvgIpc) is 3.24. The second-order valence-corrected chi connectivity index (χ2v) is 8.50. The van der Waals surface area contributed by atoms with Crippen LogP contribution in [0.3, 0.4) is 0 Å². The Morgan fingerprint density at radius 2 is 1.79 bits per heavy atom. The van der Waals surface area contributed by atoms with E-state index in [-0.39, 0.29) is 5.91 Å². The Balaban J connectivity index is 1.53. The first-order valence-electron chi connectivity index (χ1n) is 9.67. The van der Waals surface area contributed by atoms with Crippen LogP contribution >= 0.6 is 27.7 Å². The molecule has 0 aliphatic heterocycles. The minimum Gasteiger partial charge on any atom is -0.366 e. The van der Waals surface area contributed by atoms with Gasteiger partial charge in [-0.3, -0.25) is 19.1 Å². The van der Waals surface area contributed by atoms with Crippen molar-refractivity contribution >= 4 is 45.2 Å². The van der Waals surface area contributed by atoms with Gasteiger partial charge in [0, 0.05) is 45.4 Å². The fourth-order valence-electron chi connectivity index (χ4n) is 2.91. The maximum Gasteiger partial charge on any atom is 0.248 e. The molecule has 0 unspecified atom stereocenters. The molecule has 8 nitrogen and oxygen atoms in total. The summed E-state index contributed by atoms with van der Waals surface area (Å²) >= 11 is 4.71. The van der Waals surface area contributed by atoms with Crippen LogP contribution in [0.1, 0.15) is 10.4 Å². The van der Waals surface area contributed by atoms with Gasteiger partial charge in [0.2, 0.25) is 11.8 Å². The number of anilines is 1. The third-order valence-corrected chi connectivity index (χ3v) is 5.74. The van der Waals surface area contributed by atoms with Crippen LogP contribution in [0.4, 0.5) is 5.69 Å². The van der Waals surface area contributed by atoms with E-state index in [2.05, 4.69) is 36.4 Å². The second kappa shape index (κ2) is 10.2. The Labute approximate surface area is 202 Å². The molecule has 0 fully saturated rings. The summed E-state index contributed by atoms with van der Waals surface area (Å²) < 4.78 is 2.86. The Morgan fingerprint density at radius 1 is 1.03 bits per heavy atom. The molecule has 0 saturated carbocycles. The van der Waals surface area contributed by atoms with Crippen molar-refractivity contribution in [3.05, 3.63) is 94.6 Å². The number of hydrogen-bond acceptors (Lipinski definition) is 6. The normalized spacial score (nSPS) is 10.9. The number of halogens is 1. The SMILES string of the molecule is NC(=O)c1ccc(NC(=O)/C=C/Sc2nnc(-c3cccnc3)n2-c2ccc(Br)cc2)cc1. The molecule has 0 aliphatic rings. The van der Waals surface area contributed by atoms with Gasteiger partial charge in [0.1, 0.15) is 0 Å². The third kappa shape index (κ3) is 5.54. The molecule has 33 heavy (non-hydrogen) atoms. The van der Waals surface area contributed by atoms with Crippen molar-refractivity contribution in [3.8, 4) is 17.1 Å². The van der Waals surface area contributed by atoms with Crippen LogP contribution in [0, 0.1) is 0 Å². The number of primary amides is 1. The highest BCUT2D eigenvalue weighted by atomic mass is 79.9. The van der Waals surface area contributed by atoms with Crippen LogP contribution in [0.5, 0.6) is 0 Å². The van der Waals surface area contributed by atoms with Gasteiger partial charge in [-0.2, -0.15) is 0 Å². The van der Waals surface area contributed by atoms with Crippen LogP contribution in [0.25, 0.3) is 17.1 Å². The van der Waals surface area contributed by atoms with E-state index >= 15 is 0 Å². The number of hydrogen-bond donors (Lipinski definition) is 2. The lowest BCUT2D eigenvalue weighted by molar-refractivity contribution is -0.111. The number of amides is 2. The van der Waals surface area contributed by atoms with Gasteiger partial charge in [-0.15, -0.1) is 10.2 Å². The quantitative estimate of drug-likeness (QED) is 0.275. The van der Waals surface area contributed by atoms with E-state index in [1.165, 1.54) is 17.8 Å². The van der Waals surface area contributed by atoms with E-state index in [1.807, 2.05) is 41.0 Å². The predicted octanol–water partition coefficient (Wildman–Crippen LogP) is 4.44. The lowest BCUT2D eigenvalue weighted by Crippen LogP contribution is -2.11. The van der Waals surface area contributed by atoms with Crippen molar-refractivity contribution < 1.29 is 9.59 Å². The topological polar surface area (TPSA) is 116 Å². The van der Waals surface area contributed by atoms with Gasteiger partial charge in [-0.05, 0) is 66.1 Å². The monoisotopic (exact) mass is 520 g/mol. The zero-order valence-electron chi connectivity index (χ0n) is 17.1. The predicted molar refractivity (Wildman–Crippen MR) is 131 cm³/mol. The number of aromatic nitrogens is 4. The number of carbonyl (C=O) groups is 2. The molecule has 2 amide bonds. The Morgan fingerprint density at radius 3 is 2.45 bits per heavy atom. The standard InChI is InChI=1S/C23H17BrN6O2S/c24-17-5-9-19(10-6-17)30-22(16-2-1-12-26-14-16)28-29-23(30)33-13-11-20(31)27-18-7-3-15(4-8-18)21(25)32/h1-14H,(H2,25,32)(H,27,31)/b13-11+. The van der Waals surface area contributed by atoms with Gasteiger partial charge in [0.25, 0.3) is 0 Å². The van der Waals surface area contributed by atoms with Gasteiger partial charge in [0.05, 0.1) is 0 Å². The molecular weight excluding hydrogens is 504 g/mol. The van der Waals surface area contributed by atoms with E-state index < -0.39 is 5.91 Å². The number of rotatable bonds is 7. The smallest absolute Gasteiger partial charge is 0.248 e. The van der Waals surface area contributed by atoms with Crippen LogP contribution in [0.15, 0.2) is 94.2 Å². The van der Waals surface area contributed by atoms with Crippen LogP contribution in [0.2, 0.25) is 0 Å². The summed E-state index contributed by atoms with van der Waals surface area (Å²) in [5, 5.41) is 13.6. The highest BCUT2D eigenvalue weighted by molar-refractivity contribution is 9.10. The largest absolute Gasteiger partial charge is 0.366 e. The third-order valence-electron chi connectivity index (χ3n) is 4.47. The summed E-state index contributed by atoms with van der Waals surface area (Å²) in [7, 11) is 0. The molecule has 0 aliphatic carbocycles. The van der Waals surface area contributed by atoms with Crippen LogP contribution in [-0.4, -0.2) is 31.6 Å². The van der Waals surface area contributed by atoms with E-state index in [9.17, 15) is 9.59 Å². The van der Waals surface area contributed by atoms with Crippen LogP contribution in [-0.2, 0) is 4.79 Å². The van der Waals surface area contributed by atoms with Gasteiger partial charge in [-0.25, -0.2) is 0 Å². The van der Waals surface area contributed by atoms with Crippen molar-refractivity contribution in [2.75, 3.05) is 5.32 Å². The molecule has 4 rings (SSSR count). The van der Waals surface area contributed by atoms with Crippen molar-refractivity contribution in [2.24, 2.45) is 5.73 Å². The van der Waals surface area contributed by atoms with Gasteiger partial charge in [0.15, 0.2) is 11.0 Å². The van der Waals surface area contributed by atoms with E-state index in [0.717, 1.165) is 15.7 Å². The molecule has 3 N–H and O–H groups in total. The minimum absolute atomic E-state index is 0.323. The lowest BCUT2D eigenvalue weighted by Gasteiger charge is -2.09. The maximum atomic E-state index is 12.3. The molecular formula is C23H17BrN6O2S. The zero-order valence-corrected chi connectivity index (χ0v) is 19.5. The molecule has 2 aromatic heterocycles. The first-order chi connectivity index (χ1) is 16.0. The summed E-state index contributed by atoms with van der Waals surface area (Å²) in [5.74, 6) is -0.207. The molecule has 0 spiro atoms. The molecule has 164 valence electrons. The van der Waals surface area contributed by atoms with E-state index in [0.29, 0.717) is 22.2 Å². The molecule has 0 saturated heterocycles. The second-order valence-electron chi connectivity index (χ2n) is 6.71. The fraction of sp³-hybridized carbons (Fsp3) is 0. The van der Waals surface area contributed by atoms with Crippen LogP contribution < -0.4 is 11.1 Å². The Hall–Kier alpha value is -3.76. The lowest BCUT2D eigenvalue weighted by atomic mass is 10.2. The number of thioether (sulfide) groups is 1. The number of pyridine rings is 1. The molecule has 4 aromatic rings. The summed E-state index contributed by atoms with van der Waals surface area (Å²) in [6.07, 6.45) is 4.82. The average molecular weight is 521 g/mol. The number of nitrogens with zero attached hydrogens (tertiary/aromatic N) is 4. The van der Waals surface area contributed by atoms with Gasteiger partial charge in [-0.1, -0.05) is 27.7 Å². The Kier molecular flexibility index (Phi) is 6.96. The zero-order chi connectivity index (χ0) is 23.2. The first kappa shape index (κ1) is 22.4. The number of carbonyl (C=O) groups excluding carboxylic acids is 2.